The number of ether oxygens (including phenoxy) is 2. The first kappa shape index (κ1) is 8.63. The molecule has 1 fully saturated rings. The summed E-state index contributed by atoms with van der Waals surface area (Å²) in [6.45, 7) is 1.15. The third kappa shape index (κ3) is 1.34. The predicted molar refractivity (Wildman–Crippen MR) is 47.6 cm³/mol. The first-order valence-electron chi connectivity index (χ1n) is 4.57. The van der Waals surface area contributed by atoms with E-state index in [0.717, 1.165) is 5.56 Å². The minimum atomic E-state index is -0.385. The van der Waals surface area contributed by atoms with Gasteiger partial charge in [-0.1, -0.05) is 0 Å². The standard InChI is InChI=1S/C9H8N2O4/c12-11-8-5-6(9-13-3-4-14-9)1-2-7(8)10-15-11/h1-2,5,9H,3-4H2. The normalized spacial score (nSPS) is 17.6. The fourth-order valence-corrected chi connectivity index (χ4v) is 1.59. The monoisotopic (exact) mass is 208 g/mol. The van der Waals surface area contributed by atoms with Crippen molar-refractivity contribution in [3.05, 3.63) is 29.0 Å². The zero-order valence-corrected chi connectivity index (χ0v) is 7.75. The summed E-state index contributed by atoms with van der Waals surface area (Å²) in [6.07, 6.45) is -0.385. The van der Waals surface area contributed by atoms with Crippen LogP contribution in [-0.4, -0.2) is 18.4 Å². The summed E-state index contributed by atoms with van der Waals surface area (Å²) < 4.78 is 15.1. The molecule has 15 heavy (non-hydrogen) atoms. The van der Waals surface area contributed by atoms with Gasteiger partial charge in [0.05, 0.1) is 13.2 Å². The summed E-state index contributed by atoms with van der Waals surface area (Å²) in [5.41, 5.74) is 1.70. The van der Waals surface area contributed by atoms with Crippen molar-refractivity contribution >= 4 is 11.0 Å². The second kappa shape index (κ2) is 3.18. The number of aromatic nitrogens is 2. The van der Waals surface area contributed by atoms with Gasteiger partial charge in [0, 0.05) is 16.8 Å². The maximum Gasteiger partial charge on any atom is 0.248 e. The molecule has 1 saturated heterocycles. The van der Waals surface area contributed by atoms with Crippen molar-refractivity contribution in [3.63, 3.8) is 0 Å². The van der Waals surface area contributed by atoms with Crippen LogP contribution in [0.1, 0.15) is 11.9 Å². The highest BCUT2D eigenvalue weighted by molar-refractivity contribution is 5.70. The van der Waals surface area contributed by atoms with E-state index in [2.05, 4.69) is 9.79 Å². The molecule has 0 amide bonds. The van der Waals surface area contributed by atoms with Crippen molar-refractivity contribution in [3.8, 4) is 0 Å². The number of hydrogen-bond acceptors (Lipinski definition) is 5. The summed E-state index contributed by atoms with van der Waals surface area (Å²) in [5.74, 6) is 0. The van der Waals surface area contributed by atoms with Crippen LogP contribution in [0.2, 0.25) is 0 Å². The van der Waals surface area contributed by atoms with Crippen LogP contribution in [0.25, 0.3) is 11.0 Å². The predicted octanol–water partition coefficient (Wildman–Crippen LogP) is 0.507. The second-order valence-corrected chi connectivity index (χ2v) is 3.25. The van der Waals surface area contributed by atoms with Gasteiger partial charge in [-0.3, -0.25) is 4.63 Å². The Morgan fingerprint density at radius 1 is 1.33 bits per heavy atom. The maximum absolute atomic E-state index is 11.2. The lowest BCUT2D eigenvalue weighted by Crippen LogP contribution is -2.22. The smallest absolute Gasteiger partial charge is 0.248 e. The molecule has 1 aromatic carbocycles. The molecule has 6 heteroatoms. The second-order valence-electron chi connectivity index (χ2n) is 3.25. The highest BCUT2D eigenvalue weighted by Gasteiger charge is 2.20. The van der Waals surface area contributed by atoms with Crippen LogP contribution in [0.5, 0.6) is 0 Å². The van der Waals surface area contributed by atoms with Crippen LogP contribution < -0.4 is 4.90 Å². The van der Waals surface area contributed by atoms with Gasteiger partial charge in [-0.2, -0.15) is 0 Å². The first-order valence-corrected chi connectivity index (χ1v) is 4.57. The molecule has 2 heterocycles. The molecule has 2 aromatic rings. The fraction of sp³-hybridized carbons (Fsp3) is 0.333. The van der Waals surface area contributed by atoms with E-state index < -0.39 is 0 Å². The molecule has 0 spiro atoms. The van der Waals surface area contributed by atoms with E-state index >= 15 is 0 Å². The fourth-order valence-electron chi connectivity index (χ4n) is 1.59. The number of benzene rings is 1. The van der Waals surface area contributed by atoms with Gasteiger partial charge < -0.3 is 14.7 Å². The van der Waals surface area contributed by atoms with E-state index in [9.17, 15) is 5.21 Å². The minimum absolute atomic E-state index is 0.369. The molecule has 0 atom stereocenters. The molecular weight excluding hydrogens is 200 g/mol. The van der Waals surface area contributed by atoms with Crippen LogP contribution in [0.4, 0.5) is 0 Å². The Kier molecular flexibility index (Phi) is 1.83. The quantitative estimate of drug-likeness (QED) is 0.638. The maximum atomic E-state index is 11.2. The molecule has 6 nitrogen and oxygen atoms in total. The lowest BCUT2D eigenvalue weighted by atomic mass is 10.2. The Labute approximate surface area is 84.5 Å². The summed E-state index contributed by atoms with van der Waals surface area (Å²) in [6, 6.07) is 5.17. The largest absolute Gasteiger partial charge is 0.359 e. The first-order chi connectivity index (χ1) is 7.34. The molecule has 1 aliphatic rings. The Morgan fingerprint density at radius 3 is 2.93 bits per heavy atom. The van der Waals surface area contributed by atoms with Gasteiger partial charge in [0.1, 0.15) is 0 Å². The van der Waals surface area contributed by atoms with Gasteiger partial charge in [-0.25, -0.2) is 0 Å². The van der Waals surface area contributed by atoms with E-state index in [-0.39, 0.29) is 6.29 Å². The Morgan fingerprint density at radius 2 is 2.13 bits per heavy atom. The molecule has 0 radical (unpaired) electrons. The molecule has 1 aromatic heterocycles. The molecule has 78 valence electrons. The molecule has 1 aliphatic heterocycles. The van der Waals surface area contributed by atoms with Gasteiger partial charge >= 0.3 is 0 Å². The Hall–Kier alpha value is -1.66. The van der Waals surface area contributed by atoms with Crippen molar-refractivity contribution in [1.82, 2.24) is 5.16 Å². The van der Waals surface area contributed by atoms with Crippen molar-refractivity contribution in [2.75, 3.05) is 13.2 Å². The van der Waals surface area contributed by atoms with E-state index in [1.54, 1.807) is 18.2 Å². The van der Waals surface area contributed by atoms with Gasteiger partial charge in [-0.05, 0) is 17.0 Å². The van der Waals surface area contributed by atoms with Crippen LogP contribution in [-0.2, 0) is 9.47 Å². The topological polar surface area (TPSA) is 71.4 Å². The van der Waals surface area contributed by atoms with Crippen LogP contribution in [0, 0.1) is 5.21 Å². The van der Waals surface area contributed by atoms with Crippen molar-refractivity contribution < 1.29 is 19.0 Å². The van der Waals surface area contributed by atoms with Gasteiger partial charge in [-0.15, -0.1) is 0 Å². The number of rotatable bonds is 1. The molecule has 0 unspecified atom stereocenters. The highest BCUT2D eigenvalue weighted by atomic mass is 16.8. The zero-order chi connectivity index (χ0) is 10.3. The number of hydrogen-bond donors (Lipinski definition) is 0. The zero-order valence-electron chi connectivity index (χ0n) is 7.75. The third-order valence-corrected chi connectivity index (χ3v) is 2.30. The third-order valence-electron chi connectivity index (χ3n) is 2.30. The molecule has 0 N–H and O–H groups in total. The van der Waals surface area contributed by atoms with Crippen LogP contribution in [0.3, 0.4) is 0 Å². The average molecular weight is 208 g/mol. The number of nitrogens with zero attached hydrogens (tertiary/aromatic N) is 2. The van der Waals surface area contributed by atoms with Gasteiger partial charge in [0.2, 0.25) is 11.0 Å². The summed E-state index contributed by atoms with van der Waals surface area (Å²) >= 11 is 0. The molecule has 0 bridgehead atoms. The lowest BCUT2D eigenvalue weighted by Gasteiger charge is -2.07. The molecule has 0 saturated carbocycles. The highest BCUT2D eigenvalue weighted by Crippen LogP contribution is 2.24. The van der Waals surface area contributed by atoms with Crippen LogP contribution >= 0.6 is 0 Å². The summed E-state index contributed by atoms with van der Waals surface area (Å²) in [4.78, 5) is 0.369. The molecule has 3 rings (SSSR count). The van der Waals surface area contributed by atoms with E-state index in [1.807, 2.05) is 0 Å². The van der Waals surface area contributed by atoms with Crippen molar-refractivity contribution in [2.24, 2.45) is 0 Å². The van der Waals surface area contributed by atoms with E-state index in [4.69, 9.17) is 9.47 Å². The minimum Gasteiger partial charge on any atom is -0.359 e. The molecule has 0 aliphatic carbocycles. The van der Waals surface area contributed by atoms with Gasteiger partial charge in [0.15, 0.2) is 6.29 Å². The van der Waals surface area contributed by atoms with Crippen molar-refractivity contribution in [1.29, 1.82) is 0 Å². The van der Waals surface area contributed by atoms with E-state index in [1.165, 1.54) is 0 Å². The molecular formula is C9H8N2O4. The van der Waals surface area contributed by atoms with Crippen LogP contribution in [0.15, 0.2) is 22.8 Å². The summed E-state index contributed by atoms with van der Waals surface area (Å²) in [7, 11) is 0. The van der Waals surface area contributed by atoms with E-state index in [0.29, 0.717) is 29.2 Å². The number of fused-ring (bicyclic) bond motifs is 1. The Bertz CT molecular complexity index is 490. The van der Waals surface area contributed by atoms with Gasteiger partial charge in [0.25, 0.3) is 0 Å². The summed E-state index contributed by atoms with van der Waals surface area (Å²) in [5, 5.41) is 14.7. The SMILES string of the molecule is [O-][n+]1onc2ccc(C3OCCO3)cc21. The van der Waals surface area contributed by atoms with Crippen molar-refractivity contribution in [2.45, 2.75) is 6.29 Å². The lowest BCUT2D eigenvalue weighted by molar-refractivity contribution is -0.782. The Balaban J connectivity index is 2.08. The average Bonchev–Trinajstić information content (AvgIpc) is 2.88.